The first-order valence-corrected chi connectivity index (χ1v) is 4.12. The molecule has 0 aromatic heterocycles. The van der Waals surface area contributed by atoms with E-state index in [9.17, 15) is 4.79 Å². The van der Waals surface area contributed by atoms with E-state index in [2.05, 4.69) is 11.0 Å². The summed E-state index contributed by atoms with van der Waals surface area (Å²) < 4.78 is 0. The van der Waals surface area contributed by atoms with E-state index in [0.717, 1.165) is 12.2 Å². The predicted molar refractivity (Wildman–Crippen MR) is 51.7 cm³/mol. The fourth-order valence-electron chi connectivity index (χ4n) is 1.06. The van der Waals surface area contributed by atoms with Crippen LogP contribution in [-0.2, 0) is 4.79 Å². The number of amides is 1. The highest BCUT2D eigenvalue weighted by atomic mass is 16.1. The molecule has 0 saturated carbocycles. The molecule has 0 heterocycles. The summed E-state index contributed by atoms with van der Waals surface area (Å²) in [5, 5.41) is 3.06. The van der Waals surface area contributed by atoms with Crippen molar-refractivity contribution < 1.29 is 4.79 Å². The van der Waals surface area contributed by atoms with Gasteiger partial charge in [-0.25, -0.2) is 0 Å². The fraction of sp³-hybridized carbons (Fsp3) is 0.200. The summed E-state index contributed by atoms with van der Waals surface area (Å²) in [5.74, 6) is -0.430. The minimum absolute atomic E-state index is 0.430. The monoisotopic (exact) mass is 176 g/mol. The van der Waals surface area contributed by atoms with E-state index in [1.54, 1.807) is 24.3 Å². The number of allylic oxidation sites excluding steroid dienone is 3. The number of hydrogen-bond acceptors (Lipinski definition) is 2. The lowest BCUT2D eigenvalue weighted by atomic mass is 10.1. The molecule has 0 saturated heterocycles. The number of likely N-dealkylation sites (N-methyl/N-ethyl adjacent to an activating group) is 1. The number of primary amides is 1. The third-order valence-corrected chi connectivity index (χ3v) is 1.62. The summed E-state index contributed by atoms with van der Waals surface area (Å²) in [6.07, 6.45) is 6.84. The van der Waals surface area contributed by atoms with Crippen LogP contribution in [0, 0.1) is 0 Å². The lowest BCUT2D eigenvalue weighted by Gasteiger charge is -2.08. The maximum absolute atomic E-state index is 11.0. The third kappa shape index (κ3) is 2.36. The van der Waals surface area contributed by atoms with Gasteiger partial charge in [-0.2, -0.15) is 0 Å². The molecule has 0 fully saturated rings. The zero-order chi connectivity index (χ0) is 9.68. The van der Waals surface area contributed by atoms with Crippen LogP contribution in [0.5, 0.6) is 0 Å². The van der Waals surface area contributed by atoms with Gasteiger partial charge in [0.2, 0.25) is 0 Å². The van der Waals surface area contributed by atoms with Crippen molar-refractivity contribution in [2.24, 2.45) is 5.73 Å². The minimum atomic E-state index is -0.430. The van der Waals surface area contributed by atoms with Gasteiger partial charge < -0.3 is 11.1 Å². The number of carbonyl (C=O) groups is 1. The number of hydrogen-bond donors (Lipinski definition) is 2. The van der Waals surface area contributed by atoms with Crippen LogP contribution in [0.25, 0.3) is 0 Å². The molecule has 0 aliphatic heterocycles. The van der Waals surface area contributed by atoms with Crippen LogP contribution in [0.2, 0.25) is 0 Å². The van der Waals surface area contributed by atoms with Gasteiger partial charge in [0, 0.05) is 12.2 Å². The second-order valence-electron chi connectivity index (χ2n) is 2.56. The van der Waals surface area contributed by atoms with Crippen LogP contribution < -0.4 is 11.1 Å². The summed E-state index contributed by atoms with van der Waals surface area (Å²) in [5.41, 5.74) is 9.31. The molecule has 1 amide bonds. The van der Waals surface area contributed by atoms with Gasteiger partial charge in [-0.3, -0.25) is 4.79 Å². The summed E-state index contributed by atoms with van der Waals surface area (Å²) in [7, 11) is 0. The zero-order valence-electron chi connectivity index (χ0n) is 7.50. The molecular weight excluding hydrogens is 164 g/mol. The number of rotatable bonds is 3. The lowest BCUT2D eigenvalue weighted by molar-refractivity contribution is -0.114. The van der Waals surface area contributed by atoms with E-state index in [4.69, 9.17) is 5.73 Å². The van der Waals surface area contributed by atoms with E-state index in [0.29, 0.717) is 5.57 Å². The topological polar surface area (TPSA) is 55.1 Å². The van der Waals surface area contributed by atoms with Crippen molar-refractivity contribution in [1.29, 1.82) is 0 Å². The van der Waals surface area contributed by atoms with Gasteiger partial charge in [0.05, 0.1) is 5.57 Å². The Kier molecular flexibility index (Phi) is 3.12. The third-order valence-electron chi connectivity index (χ3n) is 1.62. The van der Waals surface area contributed by atoms with Gasteiger partial charge in [-0.15, -0.1) is 5.73 Å². The molecule has 0 bridgehead atoms. The molecule has 0 spiro atoms. The van der Waals surface area contributed by atoms with Gasteiger partial charge in [0.1, 0.15) is 0 Å². The van der Waals surface area contributed by atoms with Crippen molar-refractivity contribution in [1.82, 2.24) is 5.32 Å². The Labute approximate surface area is 77.3 Å². The van der Waals surface area contributed by atoms with Crippen LogP contribution in [0.3, 0.4) is 0 Å². The van der Waals surface area contributed by atoms with Gasteiger partial charge in [0.15, 0.2) is 0 Å². The molecule has 0 atom stereocenters. The second-order valence-corrected chi connectivity index (χ2v) is 2.56. The van der Waals surface area contributed by atoms with Crippen molar-refractivity contribution in [2.75, 3.05) is 6.54 Å². The Balaban J connectivity index is 2.96. The second kappa shape index (κ2) is 4.33. The molecule has 0 radical (unpaired) electrons. The van der Waals surface area contributed by atoms with E-state index in [1.165, 1.54) is 0 Å². The highest BCUT2D eigenvalue weighted by Gasteiger charge is 2.09. The highest BCUT2D eigenvalue weighted by molar-refractivity contribution is 5.96. The van der Waals surface area contributed by atoms with Crippen LogP contribution >= 0.6 is 0 Å². The van der Waals surface area contributed by atoms with E-state index < -0.39 is 5.91 Å². The maximum atomic E-state index is 11.0. The predicted octanol–water partition coefficient (Wildman–Crippen LogP) is 0.616. The van der Waals surface area contributed by atoms with Crippen LogP contribution in [0.15, 0.2) is 41.3 Å². The number of carbonyl (C=O) groups excluding carboxylic acids is 1. The molecule has 0 unspecified atom stereocenters. The van der Waals surface area contributed by atoms with Crippen LogP contribution in [0.4, 0.5) is 0 Å². The SMILES string of the molecule is CCNC1=CC=C=CC=C1C(N)=O. The molecule has 1 aliphatic rings. The maximum Gasteiger partial charge on any atom is 0.250 e. The Morgan fingerprint density at radius 1 is 1.54 bits per heavy atom. The first-order chi connectivity index (χ1) is 6.25. The van der Waals surface area contributed by atoms with Crippen LogP contribution in [0.1, 0.15) is 6.92 Å². The molecule has 68 valence electrons. The first kappa shape index (κ1) is 9.36. The molecule has 3 heteroatoms. The quantitative estimate of drug-likeness (QED) is 0.619. The minimum Gasteiger partial charge on any atom is -0.385 e. The van der Waals surface area contributed by atoms with Crippen LogP contribution in [-0.4, -0.2) is 12.5 Å². The Hall–Kier alpha value is -1.73. The molecular formula is C10H12N2O. The van der Waals surface area contributed by atoms with E-state index in [1.807, 2.05) is 6.92 Å². The molecule has 3 nitrogen and oxygen atoms in total. The summed E-state index contributed by atoms with van der Waals surface area (Å²) >= 11 is 0. The van der Waals surface area contributed by atoms with E-state index in [-0.39, 0.29) is 0 Å². The highest BCUT2D eigenvalue weighted by Crippen LogP contribution is 2.08. The van der Waals surface area contributed by atoms with Crippen molar-refractivity contribution >= 4 is 5.91 Å². The van der Waals surface area contributed by atoms with E-state index >= 15 is 0 Å². The normalized spacial score (nSPS) is 14.5. The number of nitrogens with two attached hydrogens (primary N) is 1. The van der Waals surface area contributed by atoms with Crippen molar-refractivity contribution in [3.05, 3.63) is 41.3 Å². The molecule has 0 aromatic rings. The standard InChI is InChI=1S/C10H12N2O/c1-2-12-9-7-5-3-4-6-8(9)10(11)13/h4-7,12H,2H2,1H3,(H2,11,13). The summed E-state index contributed by atoms with van der Waals surface area (Å²) in [6, 6.07) is 0. The summed E-state index contributed by atoms with van der Waals surface area (Å²) in [6.45, 7) is 2.71. The lowest BCUT2D eigenvalue weighted by Crippen LogP contribution is -2.23. The number of nitrogens with one attached hydrogen (secondary N) is 1. The fourth-order valence-corrected chi connectivity index (χ4v) is 1.06. The summed E-state index contributed by atoms with van der Waals surface area (Å²) in [4.78, 5) is 11.0. The molecule has 13 heavy (non-hydrogen) atoms. The Morgan fingerprint density at radius 3 is 2.85 bits per heavy atom. The van der Waals surface area contributed by atoms with Crippen molar-refractivity contribution in [3.8, 4) is 0 Å². The molecule has 0 aromatic carbocycles. The first-order valence-electron chi connectivity index (χ1n) is 4.12. The average Bonchev–Trinajstić information content (AvgIpc) is 2.30. The van der Waals surface area contributed by atoms with Gasteiger partial charge in [-0.1, -0.05) is 0 Å². The molecule has 3 N–H and O–H groups in total. The zero-order valence-corrected chi connectivity index (χ0v) is 7.50. The Morgan fingerprint density at radius 2 is 2.23 bits per heavy atom. The van der Waals surface area contributed by atoms with Crippen molar-refractivity contribution in [3.63, 3.8) is 0 Å². The van der Waals surface area contributed by atoms with Gasteiger partial charge in [0.25, 0.3) is 5.91 Å². The molecule has 1 aliphatic carbocycles. The van der Waals surface area contributed by atoms with Crippen molar-refractivity contribution in [2.45, 2.75) is 6.92 Å². The van der Waals surface area contributed by atoms with Gasteiger partial charge in [-0.05, 0) is 31.2 Å². The Bertz CT molecular complexity index is 331. The van der Waals surface area contributed by atoms with Gasteiger partial charge >= 0.3 is 0 Å². The smallest absolute Gasteiger partial charge is 0.250 e. The average molecular weight is 176 g/mol. The molecule has 1 rings (SSSR count). The largest absolute Gasteiger partial charge is 0.385 e.